The normalized spacial score (nSPS) is 22.4. The zero-order valence-corrected chi connectivity index (χ0v) is 13.8. The summed E-state index contributed by atoms with van der Waals surface area (Å²) in [7, 11) is 0. The Labute approximate surface area is 127 Å². The van der Waals surface area contributed by atoms with Crippen molar-refractivity contribution in [2.45, 2.75) is 27.7 Å². The van der Waals surface area contributed by atoms with Crippen LogP contribution in [0.3, 0.4) is 0 Å². The van der Waals surface area contributed by atoms with E-state index in [-0.39, 0.29) is 22.5 Å². The van der Waals surface area contributed by atoms with E-state index >= 15 is 0 Å². The van der Waals surface area contributed by atoms with Crippen LogP contribution in [-0.4, -0.2) is 19.0 Å². The van der Waals surface area contributed by atoms with Crippen LogP contribution in [-0.2, 0) is 0 Å². The predicted molar refractivity (Wildman–Crippen MR) is 80.5 cm³/mol. The van der Waals surface area contributed by atoms with Gasteiger partial charge in [-0.15, -0.1) is 0 Å². The van der Waals surface area contributed by atoms with Crippen molar-refractivity contribution in [3.05, 3.63) is 22.2 Å². The van der Waals surface area contributed by atoms with Crippen LogP contribution in [0.15, 0.2) is 16.6 Å². The summed E-state index contributed by atoms with van der Waals surface area (Å²) in [5.41, 5.74) is 0.769. The van der Waals surface area contributed by atoms with E-state index in [1.54, 1.807) is 0 Å². The third-order valence-electron chi connectivity index (χ3n) is 5.18. The van der Waals surface area contributed by atoms with Gasteiger partial charge in [-0.1, -0.05) is 27.7 Å². The lowest BCUT2D eigenvalue weighted by molar-refractivity contribution is 0.0943. The molecule has 0 atom stereocenters. The fourth-order valence-electron chi connectivity index (χ4n) is 3.26. The first-order chi connectivity index (χ1) is 9.26. The molecule has 0 aromatic heterocycles. The highest BCUT2D eigenvalue weighted by Gasteiger charge is 2.68. The number of halogens is 1. The van der Waals surface area contributed by atoms with E-state index in [1.807, 2.05) is 12.1 Å². The van der Waals surface area contributed by atoms with E-state index in [1.165, 1.54) is 0 Å². The number of Topliss-reactive ketones (excluding diaryl/α,β-unsaturated/α-hetero) is 1. The summed E-state index contributed by atoms with van der Waals surface area (Å²) in [4.78, 5) is 12.8. The zero-order chi connectivity index (χ0) is 14.7. The molecule has 0 bridgehead atoms. The van der Waals surface area contributed by atoms with E-state index < -0.39 is 0 Å². The zero-order valence-electron chi connectivity index (χ0n) is 12.2. The molecule has 108 valence electrons. The molecule has 4 heteroatoms. The summed E-state index contributed by atoms with van der Waals surface area (Å²) >= 11 is 3.49. The van der Waals surface area contributed by atoms with Gasteiger partial charge in [0.15, 0.2) is 17.3 Å². The highest BCUT2D eigenvalue weighted by atomic mass is 79.9. The maximum Gasteiger partial charge on any atom is 0.168 e. The number of hydrogen-bond donors (Lipinski definition) is 0. The number of hydrogen-bond acceptors (Lipinski definition) is 3. The molecule has 1 aliphatic carbocycles. The molecule has 1 aromatic carbocycles. The Balaban J connectivity index is 1.97. The van der Waals surface area contributed by atoms with Crippen LogP contribution in [0, 0.1) is 16.7 Å². The molecular weight excluding hydrogens is 320 g/mol. The summed E-state index contributed by atoms with van der Waals surface area (Å²) in [5, 5.41) is 0. The summed E-state index contributed by atoms with van der Waals surface area (Å²) in [6.07, 6.45) is 0. The number of ether oxygens (including phenoxy) is 2. The van der Waals surface area contributed by atoms with Crippen LogP contribution in [0.2, 0.25) is 0 Å². The molecule has 0 saturated heterocycles. The average Bonchev–Trinajstić information content (AvgIpc) is 2.78. The number of ketones is 1. The second kappa shape index (κ2) is 4.23. The van der Waals surface area contributed by atoms with Crippen LogP contribution in [0.1, 0.15) is 38.1 Å². The third kappa shape index (κ3) is 1.80. The summed E-state index contributed by atoms with van der Waals surface area (Å²) in [6, 6.07) is 3.65. The average molecular weight is 339 g/mol. The molecule has 0 N–H and O–H groups in total. The summed E-state index contributed by atoms with van der Waals surface area (Å²) < 4.78 is 11.9. The van der Waals surface area contributed by atoms with Gasteiger partial charge in [-0.3, -0.25) is 4.79 Å². The molecule has 3 rings (SSSR count). The van der Waals surface area contributed by atoms with Crippen LogP contribution < -0.4 is 9.47 Å². The summed E-state index contributed by atoms with van der Waals surface area (Å²) in [5.74, 6) is 1.60. The number of carbonyl (C=O) groups is 1. The lowest BCUT2D eigenvalue weighted by Gasteiger charge is -2.19. The van der Waals surface area contributed by atoms with Crippen molar-refractivity contribution in [3.8, 4) is 11.5 Å². The van der Waals surface area contributed by atoms with Gasteiger partial charge in [0.2, 0.25) is 0 Å². The monoisotopic (exact) mass is 338 g/mol. The van der Waals surface area contributed by atoms with Gasteiger partial charge in [0, 0.05) is 16.0 Å². The number of fused-ring (bicyclic) bond motifs is 1. The maximum atomic E-state index is 12.8. The second-order valence-corrected chi connectivity index (χ2v) is 7.57. The molecule has 1 fully saturated rings. The van der Waals surface area contributed by atoms with Crippen molar-refractivity contribution in [2.75, 3.05) is 13.2 Å². The molecule has 0 radical (unpaired) electrons. The molecular formula is C16H19BrO3. The largest absolute Gasteiger partial charge is 0.486 e. The molecule has 1 saturated carbocycles. The number of benzene rings is 1. The second-order valence-electron chi connectivity index (χ2n) is 6.72. The van der Waals surface area contributed by atoms with Crippen LogP contribution in [0.25, 0.3) is 0 Å². The van der Waals surface area contributed by atoms with Crippen molar-refractivity contribution in [1.82, 2.24) is 0 Å². The fourth-order valence-corrected chi connectivity index (χ4v) is 3.78. The van der Waals surface area contributed by atoms with Gasteiger partial charge in [-0.05, 0) is 38.9 Å². The predicted octanol–water partition coefficient (Wildman–Crippen LogP) is 4.09. The van der Waals surface area contributed by atoms with Gasteiger partial charge in [0.1, 0.15) is 13.2 Å². The van der Waals surface area contributed by atoms with Crippen molar-refractivity contribution >= 4 is 21.7 Å². The van der Waals surface area contributed by atoms with Crippen LogP contribution in [0.4, 0.5) is 0 Å². The van der Waals surface area contributed by atoms with Gasteiger partial charge < -0.3 is 9.47 Å². The van der Waals surface area contributed by atoms with E-state index in [9.17, 15) is 4.79 Å². The van der Waals surface area contributed by atoms with Gasteiger partial charge in [-0.2, -0.15) is 0 Å². The first-order valence-corrected chi connectivity index (χ1v) is 7.69. The fraction of sp³-hybridized carbons (Fsp3) is 0.562. The highest BCUT2D eigenvalue weighted by Crippen LogP contribution is 2.69. The molecule has 0 unspecified atom stereocenters. The quantitative estimate of drug-likeness (QED) is 0.762. The van der Waals surface area contributed by atoms with Crippen LogP contribution >= 0.6 is 15.9 Å². The van der Waals surface area contributed by atoms with Crippen LogP contribution in [0.5, 0.6) is 11.5 Å². The molecule has 20 heavy (non-hydrogen) atoms. The first kappa shape index (κ1) is 13.9. The first-order valence-electron chi connectivity index (χ1n) is 6.90. The molecule has 1 aliphatic heterocycles. The molecule has 0 amide bonds. The minimum absolute atomic E-state index is 0.0385. The minimum atomic E-state index is 0.0385. The Morgan fingerprint density at radius 2 is 1.60 bits per heavy atom. The number of carbonyl (C=O) groups excluding carboxylic acids is 1. The Morgan fingerprint density at radius 1 is 1.10 bits per heavy atom. The van der Waals surface area contributed by atoms with Gasteiger partial charge in [0.25, 0.3) is 0 Å². The molecule has 0 spiro atoms. The minimum Gasteiger partial charge on any atom is -0.486 e. The Bertz CT molecular complexity index is 576. The van der Waals surface area contributed by atoms with Crippen molar-refractivity contribution in [1.29, 1.82) is 0 Å². The Hall–Kier alpha value is -1.03. The van der Waals surface area contributed by atoms with Crippen molar-refractivity contribution < 1.29 is 14.3 Å². The lowest BCUT2D eigenvalue weighted by atomic mass is 10.0. The van der Waals surface area contributed by atoms with Crippen molar-refractivity contribution in [3.63, 3.8) is 0 Å². The topological polar surface area (TPSA) is 35.5 Å². The van der Waals surface area contributed by atoms with E-state index in [4.69, 9.17) is 9.47 Å². The lowest BCUT2D eigenvalue weighted by Crippen LogP contribution is -2.17. The highest BCUT2D eigenvalue weighted by molar-refractivity contribution is 9.10. The van der Waals surface area contributed by atoms with Gasteiger partial charge in [-0.25, -0.2) is 0 Å². The molecule has 1 aromatic rings. The Morgan fingerprint density at radius 3 is 2.10 bits per heavy atom. The van der Waals surface area contributed by atoms with Gasteiger partial charge in [0.05, 0.1) is 0 Å². The number of rotatable bonds is 2. The Kier molecular flexibility index (Phi) is 2.95. The van der Waals surface area contributed by atoms with E-state index in [0.717, 1.165) is 4.47 Å². The van der Waals surface area contributed by atoms with Gasteiger partial charge >= 0.3 is 0 Å². The third-order valence-corrected chi connectivity index (χ3v) is 5.84. The van der Waals surface area contributed by atoms with E-state index in [2.05, 4.69) is 43.6 Å². The summed E-state index contributed by atoms with van der Waals surface area (Å²) in [6.45, 7) is 9.70. The smallest absolute Gasteiger partial charge is 0.168 e. The van der Waals surface area contributed by atoms with E-state index in [0.29, 0.717) is 30.3 Å². The molecule has 1 heterocycles. The SMILES string of the molecule is CC1(C)C(C(=O)c2cc3c(cc2Br)OCCO3)C1(C)C. The van der Waals surface area contributed by atoms with Crippen molar-refractivity contribution in [2.24, 2.45) is 16.7 Å². The maximum absolute atomic E-state index is 12.8. The molecule has 2 aliphatic rings. The standard InChI is InChI=1S/C16H19BrO3/c1-15(2)14(16(15,3)4)13(18)9-7-11-12(8-10(9)17)20-6-5-19-11/h7-8,14H,5-6H2,1-4H3. The molecule has 3 nitrogen and oxygen atoms in total.